The van der Waals surface area contributed by atoms with Crippen LogP contribution < -0.4 is 11.1 Å². The molecular formula is C24H36N4O2. The molecule has 3 N–H and O–H groups in total. The third kappa shape index (κ3) is 4.37. The van der Waals surface area contributed by atoms with E-state index in [1.165, 1.54) is 29.7 Å². The second-order valence-electron chi connectivity index (χ2n) is 10.0. The lowest BCUT2D eigenvalue weighted by Gasteiger charge is -2.39. The van der Waals surface area contributed by atoms with Crippen LogP contribution in [0.25, 0.3) is 0 Å². The van der Waals surface area contributed by atoms with Gasteiger partial charge >= 0.3 is 0 Å². The average molecular weight is 413 g/mol. The number of aliphatic imine (C=N–C) groups is 1. The summed E-state index contributed by atoms with van der Waals surface area (Å²) in [7, 11) is 1.61. The maximum atomic E-state index is 13.3. The zero-order chi connectivity index (χ0) is 22.1. The van der Waals surface area contributed by atoms with Crippen molar-refractivity contribution in [1.29, 1.82) is 0 Å². The van der Waals surface area contributed by atoms with Crippen LogP contribution in [0.4, 0.5) is 0 Å². The zero-order valence-electron chi connectivity index (χ0n) is 19.0. The van der Waals surface area contributed by atoms with Gasteiger partial charge in [0.2, 0.25) is 11.8 Å². The Balaban J connectivity index is 1.90. The molecule has 30 heavy (non-hydrogen) atoms. The van der Waals surface area contributed by atoms with Gasteiger partial charge in [-0.3, -0.25) is 14.5 Å². The summed E-state index contributed by atoms with van der Waals surface area (Å²) in [4.78, 5) is 32.4. The monoisotopic (exact) mass is 412 g/mol. The van der Waals surface area contributed by atoms with Gasteiger partial charge in [0.25, 0.3) is 0 Å². The zero-order valence-corrected chi connectivity index (χ0v) is 19.0. The number of carbonyl (C=O) groups is 2. The molecule has 0 spiro atoms. The molecule has 1 aromatic rings. The first-order valence-corrected chi connectivity index (χ1v) is 11.1. The van der Waals surface area contributed by atoms with Crippen molar-refractivity contribution in [3.05, 3.63) is 35.4 Å². The average Bonchev–Trinajstić information content (AvgIpc) is 2.71. The molecule has 0 radical (unpaired) electrons. The quantitative estimate of drug-likeness (QED) is 0.795. The van der Waals surface area contributed by atoms with E-state index in [-0.39, 0.29) is 23.2 Å². The van der Waals surface area contributed by atoms with Crippen LogP contribution in [-0.2, 0) is 15.0 Å². The number of amides is 2. The summed E-state index contributed by atoms with van der Waals surface area (Å²) in [5.41, 5.74) is 6.71. The van der Waals surface area contributed by atoms with E-state index in [0.29, 0.717) is 12.5 Å². The molecular weight excluding hydrogens is 376 g/mol. The fourth-order valence-corrected chi connectivity index (χ4v) is 4.56. The van der Waals surface area contributed by atoms with Gasteiger partial charge < -0.3 is 11.1 Å². The van der Waals surface area contributed by atoms with E-state index in [2.05, 4.69) is 31.1 Å². The molecule has 2 amide bonds. The number of nitrogens with one attached hydrogen (secondary N) is 1. The maximum absolute atomic E-state index is 13.3. The third-order valence-corrected chi connectivity index (χ3v) is 6.68. The highest BCUT2D eigenvalue weighted by molar-refractivity contribution is 6.07. The van der Waals surface area contributed by atoms with Crippen molar-refractivity contribution in [3.8, 4) is 0 Å². The summed E-state index contributed by atoms with van der Waals surface area (Å²) in [6, 6.07) is 7.96. The summed E-state index contributed by atoms with van der Waals surface area (Å²) < 4.78 is 0. The SMILES string of the molecule is CN1C(=O)[C@@H](c2ccc(C(C)(C)C)cc2)[C@@](C)(C(=O)NCC2CCCCC2)N=C1N. The van der Waals surface area contributed by atoms with Crippen molar-refractivity contribution < 1.29 is 9.59 Å². The van der Waals surface area contributed by atoms with Crippen molar-refractivity contribution in [3.63, 3.8) is 0 Å². The topological polar surface area (TPSA) is 87.8 Å². The van der Waals surface area contributed by atoms with Crippen molar-refractivity contribution in [2.24, 2.45) is 16.6 Å². The Bertz CT molecular complexity index is 819. The van der Waals surface area contributed by atoms with Crippen molar-refractivity contribution in [2.45, 2.75) is 76.7 Å². The standard InChI is InChI=1S/C24H36N4O2/c1-23(2,3)18-13-11-17(12-14-18)19-20(29)28(5)22(25)27-24(19,4)21(30)26-15-16-9-7-6-8-10-16/h11-14,16,19H,6-10,15H2,1-5H3,(H2,25,27)(H,26,30)/t19-,24+/m1/s1. The van der Waals surface area contributed by atoms with Gasteiger partial charge in [0.05, 0.1) is 5.92 Å². The van der Waals surface area contributed by atoms with E-state index >= 15 is 0 Å². The minimum atomic E-state index is -1.27. The number of benzene rings is 1. The molecule has 1 aliphatic carbocycles. The molecule has 2 aliphatic rings. The van der Waals surface area contributed by atoms with Crippen LogP contribution in [0.5, 0.6) is 0 Å². The Morgan fingerprint density at radius 1 is 1.20 bits per heavy atom. The first-order valence-electron chi connectivity index (χ1n) is 11.1. The summed E-state index contributed by atoms with van der Waals surface area (Å²) in [5.74, 6) is -0.573. The van der Waals surface area contributed by atoms with E-state index < -0.39 is 11.5 Å². The van der Waals surface area contributed by atoms with E-state index in [9.17, 15) is 9.59 Å². The van der Waals surface area contributed by atoms with Gasteiger partial charge in [0.15, 0.2) is 11.5 Å². The molecule has 2 atom stereocenters. The number of rotatable bonds is 4. The summed E-state index contributed by atoms with van der Waals surface area (Å²) in [5, 5.41) is 3.08. The highest BCUT2D eigenvalue weighted by Gasteiger charge is 2.51. The molecule has 0 bridgehead atoms. The Hall–Kier alpha value is -2.37. The van der Waals surface area contributed by atoms with Crippen LogP contribution in [0.15, 0.2) is 29.3 Å². The van der Waals surface area contributed by atoms with Gasteiger partial charge in [-0.25, -0.2) is 4.99 Å². The first kappa shape index (κ1) is 22.3. The number of guanidine groups is 1. The number of nitrogens with two attached hydrogens (primary N) is 1. The molecule has 6 heteroatoms. The fourth-order valence-electron chi connectivity index (χ4n) is 4.56. The molecule has 164 valence electrons. The molecule has 6 nitrogen and oxygen atoms in total. The van der Waals surface area contributed by atoms with Crippen LogP contribution in [-0.4, -0.2) is 41.8 Å². The number of carbonyl (C=O) groups excluding carboxylic acids is 2. The minimum absolute atomic E-state index is 0.00908. The maximum Gasteiger partial charge on any atom is 0.248 e. The van der Waals surface area contributed by atoms with E-state index in [4.69, 9.17) is 5.73 Å². The largest absolute Gasteiger partial charge is 0.369 e. The van der Waals surface area contributed by atoms with Gasteiger partial charge in [-0.15, -0.1) is 0 Å². The lowest BCUT2D eigenvalue weighted by atomic mass is 9.76. The molecule has 0 saturated heterocycles. The molecule has 3 rings (SSSR count). The van der Waals surface area contributed by atoms with Crippen LogP contribution >= 0.6 is 0 Å². The Labute approximate surface area is 180 Å². The highest BCUT2D eigenvalue weighted by Crippen LogP contribution is 2.37. The van der Waals surface area contributed by atoms with Crippen LogP contribution in [0.1, 0.15) is 76.8 Å². The second-order valence-corrected chi connectivity index (χ2v) is 10.0. The smallest absolute Gasteiger partial charge is 0.248 e. The predicted molar refractivity (Wildman–Crippen MR) is 120 cm³/mol. The molecule has 1 saturated carbocycles. The number of nitrogens with zero attached hydrogens (tertiary/aromatic N) is 2. The first-order chi connectivity index (χ1) is 14.0. The van der Waals surface area contributed by atoms with Crippen molar-refractivity contribution in [1.82, 2.24) is 10.2 Å². The Morgan fingerprint density at radius 3 is 2.37 bits per heavy atom. The normalized spacial score (nSPS) is 25.8. The minimum Gasteiger partial charge on any atom is -0.369 e. The lowest BCUT2D eigenvalue weighted by Crippen LogP contribution is -2.59. The lowest BCUT2D eigenvalue weighted by molar-refractivity contribution is -0.137. The van der Waals surface area contributed by atoms with Gasteiger partial charge in [-0.05, 0) is 42.2 Å². The van der Waals surface area contributed by atoms with Gasteiger partial charge in [-0.1, -0.05) is 64.3 Å². The molecule has 0 unspecified atom stereocenters. The number of hydrogen-bond acceptors (Lipinski definition) is 4. The third-order valence-electron chi connectivity index (χ3n) is 6.68. The highest BCUT2D eigenvalue weighted by atomic mass is 16.2. The molecule has 1 aromatic carbocycles. The molecule has 1 aliphatic heterocycles. The van der Waals surface area contributed by atoms with Gasteiger partial charge in [0.1, 0.15) is 0 Å². The van der Waals surface area contributed by atoms with E-state index in [1.54, 1.807) is 14.0 Å². The van der Waals surface area contributed by atoms with Crippen molar-refractivity contribution >= 4 is 17.8 Å². The van der Waals surface area contributed by atoms with Crippen molar-refractivity contribution in [2.75, 3.05) is 13.6 Å². The summed E-state index contributed by atoms with van der Waals surface area (Å²) in [6.45, 7) is 8.80. The molecule has 1 heterocycles. The van der Waals surface area contributed by atoms with Crippen LogP contribution in [0.3, 0.4) is 0 Å². The van der Waals surface area contributed by atoms with E-state index in [0.717, 1.165) is 18.4 Å². The van der Waals surface area contributed by atoms with Crippen LogP contribution in [0, 0.1) is 5.92 Å². The Kier molecular flexibility index (Phi) is 6.25. The van der Waals surface area contributed by atoms with Crippen LogP contribution in [0.2, 0.25) is 0 Å². The number of likely N-dealkylation sites (N-methyl/N-ethyl adjacent to an activating group) is 1. The Morgan fingerprint density at radius 2 is 1.80 bits per heavy atom. The van der Waals surface area contributed by atoms with Gasteiger partial charge in [-0.2, -0.15) is 0 Å². The molecule has 0 aromatic heterocycles. The summed E-state index contributed by atoms with van der Waals surface area (Å²) >= 11 is 0. The van der Waals surface area contributed by atoms with E-state index in [1.807, 2.05) is 24.3 Å². The second kappa shape index (κ2) is 8.40. The van der Waals surface area contributed by atoms with Gasteiger partial charge in [0, 0.05) is 13.6 Å². The fraction of sp³-hybridized carbons (Fsp3) is 0.625. The summed E-state index contributed by atoms with van der Waals surface area (Å²) in [6.07, 6.45) is 5.99. The number of hydrogen-bond donors (Lipinski definition) is 2. The predicted octanol–water partition coefficient (Wildman–Crippen LogP) is 3.31. The molecule has 1 fully saturated rings.